The van der Waals surface area contributed by atoms with Crippen LogP contribution in [0.5, 0.6) is 0 Å². The summed E-state index contributed by atoms with van der Waals surface area (Å²) >= 11 is 0. The van der Waals surface area contributed by atoms with Crippen molar-refractivity contribution < 1.29 is 0 Å². The summed E-state index contributed by atoms with van der Waals surface area (Å²) in [6.45, 7) is 5.82. The number of aliphatic imine (C=N–C) groups is 1. The molecular weight excluding hydrogens is 260 g/mol. The zero-order valence-electron chi connectivity index (χ0n) is 14.4. The molecule has 21 heavy (non-hydrogen) atoms. The van der Waals surface area contributed by atoms with E-state index in [0.717, 1.165) is 31.4 Å². The Balaban J connectivity index is 2.27. The van der Waals surface area contributed by atoms with Crippen molar-refractivity contribution in [2.75, 3.05) is 41.3 Å². The first-order valence-electron chi connectivity index (χ1n) is 8.29. The largest absolute Gasteiger partial charge is 0.355 e. The van der Waals surface area contributed by atoms with Crippen molar-refractivity contribution in [2.45, 2.75) is 44.6 Å². The first-order chi connectivity index (χ1) is 10.1. The zero-order valence-corrected chi connectivity index (χ0v) is 14.4. The smallest absolute Gasteiger partial charge is 0.193 e. The molecule has 1 atom stereocenters. The third-order valence-corrected chi connectivity index (χ3v) is 4.27. The van der Waals surface area contributed by atoms with Gasteiger partial charge in [-0.1, -0.05) is 12.5 Å². The second kappa shape index (κ2) is 9.82. The molecule has 0 bridgehead atoms. The first-order valence-corrected chi connectivity index (χ1v) is 8.29. The molecule has 1 rings (SSSR count). The molecule has 1 fully saturated rings. The summed E-state index contributed by atoms with van der Waals surface area (Å²) in [6.07, 6.45) is 9.60. The van der Waals surface area contributed by atoms with Crippen LogP contribution >= 0.6 is 0 Å². The second-order valence-corrected chi connectivity index (χ2v) is 6.36. The van der Waals surface area contributed by atoms with Crippen LogP contribution in [-0.4, -0.2) is 63.1 Å². The van der Waals surface area contributed by atoms with Crippen LogP contribution < -0.4 is 5.32 Å². The van der Waals surface area contributed by atoms with E-state index in [4.69, 9.17) is 0 Å². The number of nitrogens with zero attached hydrogens (tertiary/aromatic N) is 3. The van der Waals surface area contributed by atoms with E-state index >= 15 is 0 Å². The van der Waals surface area contributed by atoms with E-state index in [2.05, 4.69) is 47.8 Å². The molecule has 0 aromatic heterocycles. The Morgan fingerprint density at radius 3 is 2.52 bits per heavy atom. The minimum atomic E-state index is 0.628. The molecule has 0 aliphatic heterocycles. The molecule has 1 N–H and O–H groups in total. The normalized spacial score (nSPS) is 16.9. The van der Waals surface area contributed by atoms with Crippen molar-refractivity contribution in [1.82, 2.24) is 15.1 Å². The van der Waals surface area contributed by atoms with E-state index in [1.54, 1.807) is 0 Å². The minimum absolute atomic E-state index is 0.628. The third kappa shape index (κ3) is 6.98. The lowest BCUT2D eigenvalue weighted by atomic mass is 10.1. The summed E-state index contributed by atoms with van der Waals surface area (Å²) < 4.78 is 0. The van der Waals surface area contributed by atoms with Crippen molar-refractivity contribution in [2.24, 2.45) is 10.9 Å². The van der Waals surface area contributed by atoms with Gasteiger partial charge < -0.3 is 15.1 Å². The predicted molar refractivity (Wildman–Crippen MR) is 92.9 cm³/mol. The van der Waals surface area contributed by atoms with Crippen LogP contribution in [0.3, 0.4) is 0 Å². The fourth-order valence-electron chi connectivity index (χ4n) is 2.75. The van der Waals surface area contributed by atoms with Gasteiger partial charge in [0.25, 0.3) is 0 Å². The van der Waals surface area contributed by atoms with Gasteiger partial charge in [-0.15, -0.1) is 6.58 Å². The lowest BCUT2D eigenvalue weighted by Gasteiger charge is -2.28. The van der Waals surface area contributed by atoms with Gasteiger partial charge in [0.1, 0.15) is 0 Å². The average Bonchev–Trinajstić information content (AvgIpc) is 3.27. The van der Waals surface area contributed by atoms with Crippen LogP contribution in [0.4, 0.5) is 0 Å². The van der Waals surface area contributed by atoms with E-state index in [1.807, 2.05) is 13.1 Å². The van der Waals surface area contributed by atoms with Gasteiger partial charge in [-0.2, -0.15) is 0 Å². The minimum Gasteiger partial charge on any atom is -0.355 e. The number of rotatable bonds is 10. The van der Waals surface area contributed by atoms with E-state index in [0.29, 0.717) is 6.04 Å². The number of likely N-dealkylation sites (N-methyl/N-ethyl adjacent to an activating group) is 1. The maximum Gasteiger partial charge on any atom is 0.193 e. The Morgan fingerprint density at radius 1 is 1.29 bits per heavy atom. The lowest BCUT2D eigenvalue weighted by molar-refractivity contribution is 0.262. The summed E-state index contributed by atoms with van der Waals surface area (Å²) in [7, 11) is 8.36. The van der Waals surface area contributed by atoms with Crippen LogP contribution in [-0.2, 0) is 0 Å². The van der Waals surface area contributed by atoms with Crippen molar-refractivity contribution in [3.8, 4) is 0 Å². The Kier molecular flexibility index (Phi) is 8.43. The molecule has 0 amide bonds. The number of unbranched alkanes of at least 4 members (excludes halogenated alkanes) is 3. The van der Waals surface area contributed by atoms with Crippen LogP contribution in [0.25, 0.3) is 0 Å². The van der Waals surface area contributed by atoms with Crippen molar-refractivity contribution >= 4 is 5.96 Å². The third-order valence-electron chi connectivity index (χ3n) is 4.27. The number of hydrogen-bond donors (Lipinski definition) is 1. The molecule has 1 aliphatic carbocycles. The maximum atomic E-state index is 4.41. The van der Waals surface area contributed by atoms with Gasteiger partial charge in [0.05, 0.1) is 0 Å². The monoisotopic (exact) mass is 294 g/mol. The van der Waals surface area contributed by atoms with Crippen LogP contribution in [0.1, 0.15) is 38.5 Å². The van der Waals surface area contributed by atoms with Gasteiger partial charge in [-0.25, -0.2) is 0 Å². The van der Waals surface area contributed by atoms with Crippen LogP contribution in [0.2, 0.25) is 0 Å². The highest BCUT2D eigenvalue weighted by Gasteiger charge is 2.32. The molecule has 0 radical (unpaired) electrons. The zero-order chi connectivity index (χ0) is 15.7. The highest BCUT2D eigenvalue weighted by molar-refractivity contribution is 5.79. The summed E-state index contributed by atoms with van der Waals surface area (Å²) in [5, 5.41) is 3.54. The average molecular weight is 294 g/mol. The Morgan fingerprint density at radius 2 is 2.00 bits per heavy atom. The molecule has 4 nitrogen and oxygen atoms in total. The molecule has 0 heterocycles. The predicted octanol–water partition coefficient (Wildman–Crippen LogP) is 2.58. The van der Waals surface area contributed by atoms with E-state index in [9.17, 15) is 0 Å². The second-order valence-electron chi connectivity index (χ2n) is 6.36. The van der Waals surface area contributed by atoms with Gasteiger partial charge in [0.15, 0.2) is 5.96 Å². The first kappa shape index (κ1) is 18.0. The molecule has 0 saturated heterocycles. The summed E-state index contributed by atoms with van der Waals surface area (Å²) in [4.78, 5) is 8.99. The molecule has 1 saturated carbocycles. The Labute approximate surface area is 131 Å². The fourth-order valence-corrected chi connectivity index (χ4v) is 2.75. The molecule has 0 aromatic carbocycles. The Bertz CT molecular complexity index is 319. The van der Waals surface area contributed by atoms with E-state index in [-0.39, 0.29) is 0 Å². The van der Waals surface area contributed by atoms with Crippen molar-refractivity contribution in [3.05, 3.63) is 12.7 Å². The van der Waals surface area contributed by atoms with Gasteiger partial charge in [0.2, 0.25) is 0 Å². The molecule has 0 spiro atoms. The van der Waals surface area contributed by atoms with Crippen molar-refractivity contribution in [1.29, 1.82) is 0 Å². The number of guanidine groups is 1. The lowest BCUT2D eigenvalue weighted by Crippen LogP contribution is -2.46. The highest BCUT2D eigenvalue weighted by Crippen LogP contribution is 2.34. The fraction of sp³-hybridized carbons (Fsp3) is 0.824. The Hall–Kier alpha value is -1.03. The van der Waals surface area contributed by atoms with E-state index < -0.39 is 0 Å². The quantitative estimate of drug-likeness (QED) is 0.291. The summed E-state index contributed by atoms with van der Waals surface area (Å²) in [6, 6.07) is 0.628. The molecule has 4 heteroatoms. The maximum absolute atomic E-state index is 4.41. The molecular formula is C17H34N4. The molecule has 0 aromatic rings. The van der Waals surface area contributed by atoms with Gasteiger partial charge in [-0.3, -0.25) is 4.99 Å². The van der Waals surface area contributed by atoms with Gasteiger partial charge in [0, 0.05) is 33.2 Å². The molecule has 122 valence electrons. The molecule has 1 aliphatic rings. The molecule has 1 unspecified atom stereocenters. The van der Waals surface area contributed by atoms with E-state index in [1.165, 1.54) is 32.1 Å². The summed E-state index contributed by atoms with van der Waals surface area (Å²) in [5.41, 5.74) is 0. The number of allylic oxidation sites excluding steroid dienone is 1. The number of nitrogens with one attached hydrogen (secondary N) is 1. The van der Waals surface area contributed by atoms with Gasteiger partial charge >= 0.3 is 0 Å². The standard InChI is InChI=1S/C17H34N4/c1-6-7-8-9-10-13-21(5)17(18-2)19-14-16(20(3)4)15-11-12-15/h6,15-16H,1,7-14H2,2-5H3,(H,18,19). The van der Waals surface area contributed by atoms with Crippen molar-refractivity contribution in [3.63, 3.8) is 0 Å². The topological polar surface area (TPSA) is 30.9 Å². The number of hydrogen-bond acceptors (Lipinski definition) is 2. The summed E-state index contributed by atoms with van der Waals surface area (Å²) in [5.74, 6) is 1.89. The van der Waals surface area contributed by atoms with Gasteiger partial charge in [-0.05, 0) is 52.1 Å². The highest BCUT2D eigenvalue weighted by atomic mass is 15.3. The SMILES string of the molecule is C=CCCCCCN(C)C(=NC)NCC(C1CC1)N(C)C. The van der Waals surface area contributed by atoms with Crippen LogP contribution in [0, 0.1) is 5.92 Å². The van der Waals surface area contributed by atoms with Crippen LogP contribution in [0.15, 0.2) is 17.6 Å².